The van der Waals surface area contributed by atoms with E-state index in [1.54, 1.807) is 29.1 Å². The second kappa shape index (κ2) is 10.2. The zero-order chi connectivity index (χ0) is 24.2. The van der Waals surface area contributed by atoms with E-state index in [0.717, 1.165) is 28.1 Å². The van der Waals surface area contributed by atoms with Crippen LogP contribution in [0.3, 0.4) is 0 Å². The van der Waals surface area contributed by atoms with Crippen molar-refractivity contribution in [3.8, 4) is 5.13 Å². The van der Waals surface area contributed by atoms with Gasteiger partial charge in [-0.15, -0.1) is 11.3 Å². The van der Waals surface area contributed by atoms with E-state index in [-0.39, 0.29) is 17.2 Å². The van der Waals surface area contributed by atoms with Crippen molar-refractivity contribution in [3.05, 3.63) is 76.1 Å². The van der Waals surface area contributed by atoms with Crippen molar-refractivity contribution < 1.29 is 17.9 Å². The van der Waals surface area contributed by atoms with Gasteiger partial charge in [-0.25, -0.2) is 28.0 Å². The van der Waals surface area contributed by atoms with Gasteiger partial charge >= 0.3 is 5.97 Å². The number of hydrogen-bond acceptors (Lipinski definition) is 7. The van der Waals surface area contributed by atoms with Crippen LogP contribution in [-0.4, -0.2) is 35.8 Å². The summed E-state index contributed by atoms with van der Waals surface area (Å²) >= 11 is 1.31. The highest BCUT2D eigenvalue weighted by atomic mass is 32.2. The van der Waals surface area contributed by atoms with E-state index < -0.39 is 16.0 Å². The maximum absolute atomic E-state index is 12.0. The molecule has 0 radical (unpaired) electrons. The van der Waals surface area contributed by atoms with Crippen LogP contribution in [0.5, 0.6) is 0 Å². The highest BCUT2D eigenvalue weighted by Gasteiger charge is 2.21. The van der Waals surface area contributed by atoms with Crippen molar-refractivity contribution in [1.29, 1.82) is 0 Å². The average Bonchev–Trinajstić information content (AvgIpc) is 3.38. The van der Waals surface area contributed by atoms with Crippen LogP contribution in [-0.2, 0) is 21.2 Å². The Morgan fingerprint density at radius 1 is 1.27 bits per heavy atom. The fraction of sp³-hybridized carbons (Fsp3) is 0.261. The fourth-order valence-corrected chi connectivity index (χ4v) is 4.54. The lowest BCUT2D eigenvalue weighted by Gasteiger charge is -2.06. The molecule has 3 rings (SSSR count). The molecule has 0 saturated heterocycles. The minimum absolute atomic E-state index is 0.0670. The lowest BCUT2D eigenvalue weighted by Crippen LogP contribution is -2.11. The van der Waals surface area contributed by atoms with Crippen LogP contribution in [0.15, 0.2) is 52.8 Å². The number of carbonyl (C=O) groups excluding carboxylic acids is 1. The van der Waals surface area contributed by atoms with Crippen LogP contribution < -0.4 is 5.14 Å². The molecule has 2 N–H and O–H groups in total. The number of hydrogen-bond donors (Lipinski definition) is 1. The van der Waals surface area contributed by atoms with Gasteiger partial charge in [0.25, 0.3) is 0 Å². The smallest absolute Gasteiger partial charge is 0.357 e. The van der Waals surface area contributed by atoms with Crippen molar-refractivity contribution in [2.24, 2.45) is 5.14 Å². The topological polar surface area (TPSA) is 117 Å². The summed E-state index contributed by atoms with van der Waals surface area (Å²) in [7, 11) is -3.75. The summed E-state index contributed by atoms with van der Waals surface area (Å²) in [5.41, 5.74) is 4.77. The summed E-state index contributed by atoms with van der Waals surface area (Å²) in [6.45, 7) is 7.88. The number of aromatic nitrogens is 3. The molecule has 2 heterocycles. The van der Waals surface area contributed by atoms with Gasteiger partial charge in [0.15, 0.2) is 5.69 Å². The first-order chi connectivity index (χ1) is 15.7. The van der Waals surface area contributed by atoms with Crippen LogP contribution in [0.1, 0.15) is 53.8 Å². The standard InChI is InChI=1S/C23H26N4O4S2/c1-5-7-8-15(3)21-19(13-17-9-11-18(12-10-17)33(24,29)30)16(4)27(26-21)23-25-20(14-32-23)22(28)31-6-2/h5,7-12,14H,6,13H2,1-4H3,(H2,24,29,30)/b7-5-,15-8+. The summed E-state index contributed by atoms with van der Waals surface area (Å²) in [5, 5.41) is 12.2. The van der Waals surface area contributed by atoms with Crippen LogP contribution >= 0.6 is 11.3 Å². The van der Waals surface area contributed by atoms with E-state index in [4.69, 9.17) is 15.0 Å². The first kappa shape index (κ1) is 24.6. The second-order valence-corrected chi connectivity index (χ2v) is 9.70. The van der Waals surface area contributed by atoms with E-state index >= 15 is 0 Å². The largest absolute Gasteiger partial charge is 0.461 e. The van der Waals surface area contributed by atoms with Gasteiger partial charge in [0.1, 0.15) is 0 Å². The first-order valence-corrected chi connectivity index (χ1v) is 12.7. The number of benzene rings is 1. The Bertz CT molecular complexity index is 1320. The average molecular weight is 487 g/mol. The first-order valence-electron chi connectivity index (χ1n) is 10.3. The highest BCUT2D eigenvalue weighted by molar-refractivity contribution is 7.89. The van der Waals surface area contributed by atoms with Gasteiger partial charge in [0.05, 0.1) is 17.2 Å². The number of carbonyl (C=O) groups is 1. The molecular formula is C23H26N4O4S2. The third kappa shape index (κ3) is 5.65. The number of sulfonamides is 1. The summed E-state index contributed by atoms with van der Waals surface area (Å²) in [5.74, 6) is -0.468. The van der Waals surface area contributed by atoms with Crippen LogP contribution in [0.2, 0.25) is 0 Å². The molecule has 0 atom stereocenters. The Balaban J connectivity index is 2.05. The van der Waals surface area contributed by atoms with E-state index in [9.17, 15) is 13.2 Å². The predicted molar refractivity (Wildman–Crippen MR) is 129 cm³/mol. The quantitative estimate of drug-likeness (QED) is 0.379. The molecule has 0 unspecified atom stereocenters. The van der Waals surface area contributed by atoms with E-state index in [1.165, 1.54) is 23.5 Å². The van der Waals surface area contributed by atoms with Crippen LogP contribution in [0, 0.1) is 6.92 Å². The molecule has 8 nitrogen and oxygen atoms in total. The molecule has 174 valence electrons. The Labute approximate surface area is 197 Å². The molecular weight excluding hydrogens is 460 g/mol. The number of thiazole rings is 1. The molecule has 0 aliphatic rings. The van der Waals surface area contributed by atoms with Crippen molar-refractivity contribution in [2.45, 2.75) is 39.0 Å². The van der Waals surface area contributed by atoms with Crippen molar-refractivity contribution >= 4 is 32.9 Å². The van der Waals surface area contributed by atoms with E-state index in [0.29, 0.717) is 11.6 Å². The van der Waals surface area contributed by atoms with E-state index in [2.05, 4.69) is 4.98 Å². The van der Waals surface area contributed by atoms with Gasteiger partial charge in [-0.05, 0) is 51.0 Å². The second-order valence-electron chi connectivity index (χ2n) is 7.30. The maximum Gasteiger partial charge on any atom is 0.357 e. The monoisotopic (exact) mass is 486 g/mol. The van der Waals surface area contributed by atoms with Gasteiger partial charge in [0, 0.05) is 23.1 Å². The number of esters is 1. The maximum atomic E-state index is 12.0. The molecule has 2 aromatic heterocycles. The number of nitrogens with zero attached hydrogens (tertiary/aromatic N) is 3. The van der Waals surface area contributed by atoms with Gasteiger partial charge in [0.2, 0.25) is 15.2 Å². The molecule has 0 fully saturated rings. The molecule has 33 heavy (non-hydrogen) atoms. The molecule has 1 aromatic carbocycles. The fourth-order valence-electron chi connectivity index (χ4n) is 3.23. The number of primary sulfonamides is 1. The van der Waals surface area contributed by atoms with Crippen molar-refractivity contribution in [1.82, 2.24) is 14.8 Å². The zero-order valence-corrected chi connectivity index (χ0v) is 20.5. The van der Waals surface area contributed by atoms with Gasteiger partial charge in [-0.1, -0.05) is 30.4 Å². The predicted octanol–water partition coefficient (Wildman–Crippen LogP) is 4.03. The molecule has 0 saturated carbocycles. The molecule has 0 amide bonds. The van der Waals surface area contributed by atoms with Crippen LogP contribution in [0.4, 0.5) is 0 Å². The summed E-state index contributed by atoms with van der Waals surface area (Å²) < 4.78 is 29.9. The summed E-state index contributed by atoms with van der Waals surface area (Å²) in [6.07, 6.45) is 6.39. The zero-order valence-electron chi connectivity index (χ0n) is 18.9. The lowest BCUT2D eigenvalue weighted by molar-refractivity contribution is 0.0520. The molecule has 10 heteroatoms. The van der Waals surface area contributed by atoms with Crippen molar-refractivity contribution in [3.63, 3.8) is 0 Å². The summed E-state index contributed by atoms with van der Waals surface area (Å²) in [6, 6.07) is 6.49. The third-order valence-electron chi connectivity index (χ3n) is 4.94. The highest BCUT2D eigenvalue weighted by Crippen LogP contribution is 2.28. The Morgan fingerprint density at radius 2 is 1.97 bits per heavy atom. The molecule has 0 aliphatic carbocycles. The SMILES string of the molecule is C/C=C\C=C(/C)c1nn(-c2nc(C(=O)OCC)cs2)c(C)c1Cc1ccc(S(N)(=O)=O)cc1. The minimum atomic E-state index is -3.75. The Morgan fingerprint density at radius 3 is 2.58 bits per heavy atom. The van der Waals surface area contributed by atoms with Gasteiger partial charge < -0.3 is 4.74 Å². The number of rotatable bonds is 8. The number of allylic oxidation sites excluding steroid dienone is 4. The Hall–Kier alpha value is -3.08. The molecule has 0 bridgehead atoms. The van der Waals surface area contributed by atoms with Crippen molar-refractivity contribution in [2.75, 3.05) is 6.61 Å². The van der Waals surface area contributed by atoms with E-state index in [1.807, 2.05) is 39.0 Å². The molecule has 3 aromatic rings. The Kier molecular flexibility index (Phi) is 7.62. The lowest BCUT2D eigenvalue weighted by atomic mass is 10.00. The number of ether oxygens (including phenoxy) is 1. The minimum Gasteiger partial charge on any atom is -0.461 e. The van der Waals surface area contributed by atoms with Crippen LogP contribution in [0.25, 0.3) is 10.7 Å². The summed E-state index contributed by atoms with van der Waals surface area (Å²) in [4.78, 5) is 16.5. The van der Waals surface area contributed by atoms with Gasteiger partial charge in [-0.2, -0.15) is 5.10 Å². The third-order valence-corrected chi connectivity index (χ3v) is 6.69. The molecule has 0 spiro atoms. The van der Waals surface area contributed by atoms with Gasteiger partial charge in [-0.3, -0.25) is 0 Å². The number of nitrogens with two attached hydrogens (primary N) is 1. The molecule has 0 aliphatic heterocycles. The normalized spacial score (nSPS) is 12.5.